The summed E-state index contributed by atoms with van der Waals surface area (Å²) in [7, 11) is -3.56. The van der Waals surface area contributed by atoms with Crippen molar-refractivity contribution in [3.8, 4) is 0 Å². The molecular formula is C18H22N2O3S2. The predicted molar refractivity (Wildman–Crippen MR) is 99.5 cm³/mol. The molecule has 3 rings (SSSR count). The third-order valence-electron chi connectivity index (χ3n) is 4.26. The number of thiophene rings is 1. The fourth-order valence-corrected chi connectivity index (χ4v) is 4.81. The number of nitrogens with one attached hydrogen (secondary N) is 1. The van der Waals surface area contributed by atoms with Crippen molar-refractivity contribution in [1.82, 2.24) is 9.62 Å². The van der Waals surface area contributed by atoms with Crippen LogP contribution in [0.5, 0.6) is 0 Å². The van der Waals surface area contributed by atoms with Crippen molar-refractivity contribution in [2.45, 2.75) is 31.1 Å². The van der Waals surface area contributed by atoms with Crippen LogP contribution < -0.4 is 4.72 Å². The van der Waals surface area contributed by atoms with Crippen molar-refractivity contribution >= 4 is 27.3 Å². The second-order valence-corrected chi connectivity index (χ2v) is 9.32. The average molecular weight is 379 g/mol. The van der Waals surface area contributed by atoms with Gasteiger partial charge in [0.15, 0.2) is 0 Å². The van der Waals surface area contributed by atoms with E-state index in [4.69, 9.17) is 0 Å². The number of amides is 1. The molecule has 2 heterocycles. The number of carbonyl (C=O) groups excluding carboxylic acids is 1. The zero-order valence-electron chi connectivity index (χ0n) is 14.2. The van der Waals surface area contributed by atoms with Crippen LogP contribution in [0.4, 0.5) is 0 Å². The normalized spacial score (nSPS) is 14.8. The minimum Gasteiger partial charge on any atom is -0.339 e. The van der Waals surface area contributed by atoms with Crippen LogP contribution in [0.2, 0.25) is 0 Å². The molecule has 1 aromatic carbocycles. The van der Waals surface area contributed by atoms with Crippen LogP contribution in [0.15, 0.2) is 41.3 Å². The van der Waals surface area contributed by atoms with Gasteiger partial charge in [0.1, 0.15) is 0 Å². The summed E-state index contributed by atoms with van der Waals surface area (Å²) in [5.41, 5.74) is 0.537. The molecule has 25 heavy (non-hydrogen) atoms. The van der Waals surface area contributed by atoms with Gasteiger partial charge in [0, 0.05) is 35.0 Å². The molecule has 1 saturated heterocycles. The maximum atomic E-state index is 12.4. The van der Waals surface area contributed by atoms with Crippen LogP contribution in [0.1, 0.15) is 33.0 Å². The number of carbonyl (C=O) groups is 1. The van der Waals surface area contributed by atoms with E-state index in [2.05, 4.69) is 4.72 Å². The number of aryl methyl sites for hydroxylation is 1. The van der Waals surface area contributed by atoms with E-state index in [1.54, 1.807) is 23.5 Å². The number of likely N-dealkylation sites (tertiary alicyclic amines) is 1. The van der Waals surface area contributed by atoms with Crippen molar-refractivity contribution in [3.63, 3.8) is 0 Å². The number of rotatable bonds is 6. The van der Waals surface area contributed by atoms with Crippen molar-refractivity contribution in [3.05, 3.63) is 51.7 Å². The van der Waals surface area contributed by atoms with Gasteiger partial charge in [0.25, 0.3) is 5.91 Å². The second-order valence-electron chi connectivity index (χ2n) is 6.18. The van der Waals surface area contributed by atoms with E-state index in [9.17, 15) is 13.2 Å². The van der Waals surface area contributed by atoms with Gasteiger partial charge >= 0.3 is 0 Å². The second kappa shape index (κ2) is 7.68. The molecule has 5 nitrogen and oxygen atoms in total. The van der Waals surface area contributed by atoms with Gasteiger partial charge in [-0.05, 0) is 62.6 Å². The molecule has 0 atom stereocenters. The maximum absolute atomic E-state index is 12.4. The smallest absolute Gasteiger partial charge is 0.253 e. The van der Waals surface area contributed by atoms with Crippen LogP contribution in [-0.4, -0.2) is 38.9 Å². The third-order valence-corrected chi connectivity index (χ3v) is 6.80. The van der Waals surface area contributed by atoms with Crippen LogP contribution in [0.3, 0.4) is 0 Å². The number of benzene rings is 1. The Morgan fingerprint density at radius 1 is 1.12 bits per heavy atom. The molecule has 0 unspecified atom stereocenters. The summed E-state index contributed by atoms with van der Waals surface area (Å²) in [5.74, 6) is -0.0255. The first-order chi connectivity index (χ1) is 12.0. The Balaban J connectivity index is 1.60. The van der Waals surface area contributed by atoms with Gasteiger partial charge in [0.2, 0.25) is 10.0 Å². The van der Waals surface area contributed by atoms with E-state index in [0.717, 1.165) is 30.8 Å². The lowest BCUT2D eigenvalue weighted by Gasteiger charge is -2.15. The molecular weight excluding hydrogens is 356 g/mol. The van der Waals surface area contributed by atoms with Crippen LogP contribution >= 0.6 is 11.3 Å². The van der Waals surface area contributed by atoms with E-state index < -0.39 is 10.0 Å². The highest BCUT2D eigenvalue weighted by atomic mass is 32.2. The first kappa shape index (κ1) is 18.1. The van der Waals surface area contributed by atoms with Gasteiger partial charge in [-0.2, -0.15) is 0 Å². The highest BCUT2D eigenvalue weighted by molar-refractivity contribution is 7.89. The lowest BCUT2D eigenvalue weighted by atomic mass is 10.2. The average Bonchev–Trinajstić information content (AvgIpc) is 3.26. The molecule has 1 amide bonds. The number of hydrogen-bond donors (Lipinski definition) is 1. The molecule has 2 aromatic rings. The van der Waals surface area contributed by atoms with Crippen molar-refractivity contribution < 1.29 is 13.2 Å². The van der Waals surface area contributed by atoms with Crippen LogP contribution in [-0.2, 0) is 16.4 Å². The fraction of sp³-hybridized carbons (Fsp3) is 0.389. The van der Waals surface area contributed by atoms with Crippen molar-refractivity contribution in [1.29, 1.82) is 0 Å². The molecule has 1 fully saturated rings. The van der Waals surface area contributed by atoms with Gasteiger partial charge in [-0.15, -0.1) is 11.3 Å². The number of sulfonamides is 1. The zero-order chi connectivity index (χ0) is 17.9. The molecule has 7 heteroatoms. The molecule has 1 N–H and O–H groups in total. The lowest BCUT2D eigenvalue weighted by molar-refractivity contribution is 0.0792. The van der Waals surface area contributed by atoms with Gasteiger partial charge < -0.3 is 4.90 Å². The molecule has 134 valence electrons. The van der Waals surface area contributed by atoms with E-state index in [1.165, 1.54) is 17.0 Å². The maximum Gasteiger partial charge on any atom is 0.253 e. The van der Waals surface area contributed by atoms with E-state index in [-0.39, 0.29) is 10.8 Å². The summed E-state index contributed by atoms with van der Waals surface area (Å²) in [6.07, 6.45) is 2.74. The Kier molecular flexibility index (Phi) is 5.56. The van der Waals surface area contributed by atoms with Gasteiger partial charge in [-0.25, -0.2) is 13.1 Å². The summed E-state index contributed by atoms with van der Waals surface area (Å²) >= 11 is 1.67. The zero-order valence-corrected chi connectivity index (χ0v) is 15.8. The summed E-state index contributed by atoms with van der Waals surface area (Å²) < 4.78 is 27.3. The van der Waals surface area contributed by atoms with Gasteiger partial charge in [0.05, 0.1) is 4.90 Å². The van der Waals surface area contributed by atoms with Crippen LogP contribution in [0, 0.1) is 6.92 Å². The monoisotopic (exact) mass is 378 g/mol. The van der Waals surface area contributed by atoms with E-state index >= 15 is 0 Å². The largest absolute Gasteiger partial charge is 0.339 e. The van der Waals surface area contributed by atoms with Crippen LogP contribution in [0.25, 0.3) is 0 Å². The number of hydrogen-bond acceptors (Lipinski definition) is 4. The molecule has 0 saturated carbocycles. The summed E-state index contributed by atoms with van der Waals surface area (Å²) in [4.78, 5) is 16.7. The van der Waals surface area contributed by atoms with Crippen molar-refractivity contribution in [2.24, 2.45) is 0 Å². The summed E-state index contributed by atoms with van der Waals surface area (Å²) in [6, 6.07) is 10.2. The Bertz CT molecular complexity index is 835. The topological polar surface area (TPSA) is 66.5 Å². The van der Waals surface area contributed by atoms with Crippen molar-refractivity contribution in [2.75, 3.05) is 19.6 Å². The first-order valence-corrected chi connectivity index (χ1v) is 10.7. The molecule has 0 radical (unpaired) electrons. The Hall–Kier alpha value is -1.70. The minimum atomic E-state index is -3.56. The third kappa shape index (κ3) is 4.48. The lowest BCUT2D eigenvalue weighted by Crippen LogP contribution is -2.28. The molecule has 1 aliphatic rings. The quantitative estimate of drug-likeness (QED) is 0.840. The highest BCUT2D eigenvalue weighted by Gasteiger charge is 2.20. The SMILES string of the molecule is Cc1ccc(CCNS(=O)(=O)c2ccc(C(=O)N3CCCC3)cc2)s1. The standard InChI is InChI=1S/C18H22N2O3S2/c1-14-4-7-16(24-14)10-11-19-25(22,23)17-8-5-15(6-9-17)18(21)20-12-2-3-13-20/h4-9,19H,2-3,10-13H2,1H3. The molecule has 0 aliphatic carbocycles. The minimum absolute atomic E-state index is 0.0255. The molecule has 1 aromatic heterocycles. The summed E-state index contributed by atoms with van der Waals surface area (Å²) in [6.45, 7) is 3.95. The van der Waals surface area contributed by atoms with Gasteiger partial charge in [-0.1, -0.05) is 0 Å². The fourth-order valence-electron chi connectivity index (χ4n) is 2.89. The Morgan fingerprint density at radius 2 is 1.80 bits per heavy atom. The van der Waals surface area contributed by atoms with E-state index in [1.807, 2.05) is 24.0 Å². The molecule has 0 spiro atoms. The molecule has 0 bridgehead atoms. The van der Waals surface area contributed by atoms with Gasteiger partial charge in [-0.3, -0.25) is 4.79 Å². The predicted octanol–water partition coefficient (Wildman–Crippen LogP) is 2.81. The first-order valence-electron chi connectivity index (χ1n) is 8.40. The highest BCUT2D eigenvalue weighted by Crippen LogP contribution is 2.17. The summed E-state index contributed by atoms with van der Waals surface area (Å²) in [5, 5.41) is 0. The molecule has 1 aliphatic heterocycles. The van der Waals surface area contributed by atoms with E-state index in [0.29, 0.717) is 18.5 Å². The Labute approximate surface area is 152 Å². The number of nitrogens with zero attached hydrogens (tertiary/aromatic N) is 1. The Morgan fingerprint density at radius 3 is 2.40 bits per heavy atom.